The molecule has 0 radical (unpaired) electrons. The summed E-state index contributed by atoms with van der Waals surface area (Å²) < 4.78 is 1.75. The second kappa shape index (κ2) is 3.83. The van der Waals surface area contributed by atoms with E-state index in [0.29, 0.717) is 0 Å². The number of hydrogen-bond donors (Lipinski definition) is 0. The molecule has 0 saturated carbocycles. The van der Waals surface area contributed by atoms with Crippen LogP contribution in [0.4, 0.5) is 17.2 Å². The number of benzene rings is 1. The van der Waals surface area contributed by atoms with Crippen LogP contribution in [0.1, 0.15) is 0 Å². The maximum atomic E-state index is 4.57. The van der Waals surface area contributed by atoms with E-state index in [1.165, 1.54) is 0 Å². The fraction of sp³-hybridized carbons (Fsp3) is 0.154. The Kier molecular flexibility index (Phi) is 2.11. The van der Waals surface area contributed by atoms with E-state index in [2.05, 4.69) is 20.7 Å². The van der Waals surface area contributed by atoms with E-state index in [-0.39, 0.29) is 0 Å². The molecule has 0 amide bonds. The van der Waals surface area contributed by atoms with Crippen LogP contribution in [-0.4, -0.2) is 17.1 Å². The van der Waals surface area contributed by atoms with E-state index in [1.54, 1.807) is 10.9 Å². The number of hydrazine groups is 1. The third-order valence-corrected chi connectivity index (χ3v) is 3.38. The largest absolute Gasteiger partial charge is 0.571 e. The molecule has 3 heterocycles. The van der Waals surface area contributed by atoms with Gasteiger partial charge in [-0.1, -0.05) is 11.8 Å². The molecule has 1 aliphatic rings. The molecule has 0 saturated heterocycles. The molecular weight excluding hydrogens is 254 g/mol. The van der Waals surface area contributed by atoms with Gasteiger partial charge in [0.15, 0.2) is 5.52 Å². The number of hydrogen-bond acceptors (Lipinski definition) is 4. The van der Waals surface area contributed by atoms with Gasteiger partial charge < -0.3 is 20.4 Å². The molecule has 20 heavy (non-hydrogen) atoms. The molecule has 7 heteroatoms. The summed E-state index contributed by atoms with van der Waals surface area (Å²) >= 11 is 0. The number of anilines is 2. The number of fused-ring (bicyclic) bond motifs is 2. The Hall–Kier alpha value is -2.83. The van der Waals surface area contributed by atoms with E-state index in [9.17, 15) is 0 Å². The van der Waals surface area contributed by atoms with Crippen LogP contribution in [0.15, 0.2) is 36.5 Å². The standard InChI is InChI=1S/C13H12N7/c1-18-12-8-9(5-6-10(12)15-17-18)20-16-11-4-3-7-14-13(11)19(20)2/h3-8H,1-2H3/q-1. The fourth-order valence-electron chi connectivity index (χ4n) is 2.35. The van der Waals surface area contributed by atoms with Gasteiger partial charge in [-0.2, -0.15) is 0 Å². The van der Waals surface area contributed by atoms with Gasteiger partial charge in [-0.05, 0) is 18.2 Å². The van der Waals surface area contributed by atoms with Gasteiger partial charge in [-0.3, -0.25) is 5.01 Å². The Bertz CT molecular complexity index is 794. The highest BCUT2D eigenvalue weighted by molar-refractivity contribution is 5.84. The normalized spacial score (nSPS) is 13.7. The molecule has 2 aromatic heterocycles. The molecule has 1 aromatic carbocycles. The first-order chi connectivity index (χ1) is 9.74. The van der Waals surface area contributed by atoms with Crippen molar-refractivity contribution >= 4 is 28.2 Å². The van der Waals surface area contributed by atoms with Crippen molar-refractivity contribution in [2.75, 3.05) is 17.2 Å². The molecule has 0 bridgehead atoms. The number of aryl methyl sites for hydroxylation is 1. The Morgan fingerprint density at radius 1 is 1.25 bits per heavy atom. The summed E-state index contributed by atoms with van der Waals surface area (Å²) in [7, 11) is 3.81. The highest BCUT2D eigenvalue weighted by Gasteiger charge is 2.17. The van der Waals surface area contributed by atoms with Gasteiger partial charge in [0.25, 0.3) is 0 Å². The zero-order valence-corrected chi connectivity index (χ0v) is 11.1. The topological polar surface area (TPSA) is 64.3 Å². The Balaban J connectivity index is 1.79. The van der Waals surface area contributed by atoms with Gasteiger partial charge in [0.1, 0.15) is 5.82 Å². The molecule has 0 unspecified atom stereocenters. The molecule has 4 rings (SSSR count). The van der Waals surface area contributed by atoms with Gasteiger partial charge in [0.2, 0.25) is 5.52 Å². The summed E-state index contributed by atoms with van der Waals surface area (Å²) in [5.74, 6) is 0.843. The van der Waals surface area contributed by atoms with Crippen molar-refractivity contribution in [1.29, 1.82) is 0 Å². The molecule has 3 aromatic rings. The zero-order valence-electron chi connectivity index (χ0n) is 11.1. The van der Waals surface area contributed by atoms with Crippen molar-refractivity contribution in [3.63, 3.8) is 0 Å². The van der Waals surface area contributed by atoms with Crippen molar-refractivity contribution < 1.29 is 4.68 Å². The quantitative estimate of drug-likeness (QED) is 0.619. The summed E-state index contributed by atoms with van der Waals surface area (Å²) in [5, 5.41) is 11.8. The molecule has 0 atom stereocenters. The zero-order chi connectivity index (χ0) is 13.7. The van der Waals surface area contributed by atoms with E-state index in [4.69, 9.17) is 0 Å². The summed E-state index contributed by atoms with van der Waals surface area (Å²) in [5.41, 5.74) is 8.21. The lowest BCUT2D eigenvalue weighted by Crippen LogP contribution is -2.34. The Morgan fingerprint density at radius 3 is 3.00 bits per heavy atom. The third-order valence-electron chi connectivity index (χ3n) is 3.38. The second-order valence-corrected chi connectivity index (χ2v) is 4.65. The van der Waals surface area contributed by atoms with Crippen molar-refractivity contribution in [2.24, 2.45) is 7.05 Å². The molecule has 0 fully saturated rings. The number of rotatable bonds is 1. The lowest BCUT2D eigenvalue weighted by atomic mass is 10.3. The Morgan fingerprint density at radius 2 is 2.15 bits per heavy atom. The molecule has 0 N–H and O–H groups in total. The first kappa shape index (κ1) is 11.0. The minimum atomic E-state index is 0.843. The van der Waals surface area contributed by atoms with Crippen LogP contribution in [0.3, 0.4) is 0 Å². The average Bonchev–Trinajstić information content (AvgIpc) is 3.01. The van der Waals surface area contributed by atoms with E-state index in [0.717, 1.165) is 28.2 Å². The maximum absolute atomic E-state index is 4.57. The van der Waals surface area contributed by atoms with Gasteiger partial charge in [-0.25, -0.2) is 4.98 Å². The molecule has 1 aliphatic heterocycles. The first-order valence-electron chi connectivity index (χ1n) is 6.24. The summed E-state index contributed by atoms with van der Waals surface area (Å²) in [6, 6.07) is 9.76. The van der Waals surface area contributed by atoms with Crippen LogP contribution >= 0.6 is 0 Å². The van der Waals surface area contributed by atoms with Gasteiger partial charge >= 0.3 is 0 Å². The SMILES string of the molecule is CN1c2ncccc2[N-]N1c1ccc2n[n-][n+](C)c2c1. The smallest absolute Gasteiger partial charge is 0.201 e. The van der Waals surface area contributed by atoms with Crippen LogP contribution in [-0.2, 0) is 7.05 Å². The second-order valence-electron chi connectivity index (χ2n) is 4.65. The van der Waals surface area contributed by atoms with Gasteiger partial charge in [-0.15, -0.1) is 5.10 Å². The fourth-order valence-corrected chi connectivity index (χ4v) is 2.35. The molecular formula is C13H12N7-. The number of pyridine rings is 1. The summed E-state index contributed by atoms with van der Waals surface area (Å²) in [6.07, 6.45) is 1.77. The third kappa shape index (κ3) is 1.43. The van der Waals surface area contributed by atoms with E-state index >= 15 is 0 Å². The number of aromatic nitrogens is 4. The van der Waals surface area contributed by atoms with Crippen LogP contribution in [0, 0.1) is 0 Å². The van der Waals surface area contributed by atoms with Crippen molar-refractivity contribution in [3.8, 4) is 0 Å². The van der Waals surface area contributed by atoms with Crippen molar-refractivity contribution in [3.05, 3.63) is 42.0 Å². The van der Waals surface area contributed by atoms with Crippen molar-refractivity contribution in [2.45, 2.75) is 0 Å². The highest BCUT2D eigenvalue weighted by Crippen LogP contribution is 2.41. The first-order valence-corrected chi connectivity index (χ1v) is 6.24. The lowest BCUT2D eigenvalue weighted by Gasteiger charge is -2.37. The van der Waals surface area contributed by atoms with Crippen LogP contribution in [0.2, 0.25) is 0 Å². The predicted octanol–water partition coefficient (Wildman–Crippen LogP) is 1.20. The molecule has 0 aliphatic carbocycles. The maximum Gasteiger partial charge on any atom is 0.201 e. The van der Waals surface area contributed by atoms with Crippen molar-refractivity contribution in [1.82, 2.24) is 15.3 Å². The predicted molar refractivity (Wildman–Crippen MR) is 74.4 cm³/mol. The minimum Gasteiger partial charge on any atom is -0.571 e. The average molecular weight is 266 g/mol. The summed E-state index contributed by atoms with van der Waals surface area (Å²) in [4.78, 5) is 4.35. The highest BCUT2D eigenvalue weighted by atomic mass is 15.8. The summed E-state index contributed by atoms with van der Waals surface area (Å²) in [6.45, 7) is 0. The monoisotopic (exact) mass is 266 g/mol. The van der Waals surface area contributed by atoms with E-state index < -0.39 is 0 Å². The van der Waals surface area contributed by atoms with Gasteiger partial charge in [0, 0.05) is 25.0 Å². The minimum absolute atomic E-state index is 0.843. The number of nitrogens with zero attached hydrogens (tertiary/aromatic N) is 7. The lowest BCUT2D eigenvalue weighted by molar-refractivity contribution is -0.712. The van der Waals surface area contributed by atoms with Crippen LogP contribution in [0.5, 0.6) is 0 Å². The molecule has 7 nitrogen and oxygen atoms in total. The van der Waals surface area contributed by atoms with Crippen LogP contribution < -0.4 is 20.0 Å². The van der Waals surface area contributed by atoms with Gasteiger partial charge in [0.05, 0.1) is 7.05 Å². The molecule has 100 valence electrons. The van der Waals surface area contributed by atoms with Crippen LogP contribution in [0.25, 0.3) is 16.5 Å². The van der Waals surface area contributed by atoms with E-state index in [1.807, 2.05) is 54.6 Å². The Labute approximate surface area is 115 Å². The molecule has 0 spiro atoms.